The zero-order valence-electron chi connectivity index (χ0n) is 11.7. The Kier molecular flexibility index (Phi) is 2.61. The van der Waals surface area contributed by atoms with Gasteiger partial charge in [-0.2, -0.15) is 0 Å². The summed E-state index contributed by atoms with van der Waals surface area (Å²) in [6.45, 7) is 0. The quantitative estimate of drug-likeness (QED) is 0.747. The Hall–Kier alpha value is -2.23. The van der Waals surface area contributed by atoms with E-state index in [1.54, 1.807) is 0 Å². The molecular formula is C17H18N2O2. The van der Waals surface area contributed by atoms with Gasteiger partial charge in [0.15, 0.2) is 0 Å². The molecule has 0 aromatic heterocycles. The summed E-state index contributed by atoms with van der Waals surface area (Å²) < 4.78 is 0. The number of rotatable bonds is 1. The van der Waals surface area contributed by atoms with Crippen LogP contribution in [0.15, 0.2) is 36.4 Å². The van der Waals surface area contributed by atoms with Gasteiger partial charge >= 0.3 is 5.97 Å². The monoisotopic (exact) mass is 282 g/mol. The molecule has 0 amide bonds. The van der Waals surface area contributed by atoms with Crippen LogP contribution in [-0.4, -0.2) is 16.7 Å². The summed E-state index contributed by atoms with van der Waals surface area (Å²) in [5.74, 6) is -0.865. The Bertz CT molecular complexity index is 675. The first kappa shape index (κ1) is 12.5. The van der Waals surface area contributed by atoms with Crippen molar-refractivity contribution in [2.75, 3.05) is 10.6 Å². The third-order valence-corrected chi connectivity index (χ3v) is 4.84. The van der Waals surface area contributed by atoms with E-state index < -0.39 is 5.97 Å². The molecule has 2 aromatic carbocycles. The molecule has 1 fully saturated rings. The average molecular weight is 282 g/mol. The highest BCUT2D eigenvalue weighted by atomic mass is 16.4. The van der Waals surface area contributed by atoms with Gasteiger partial charge < -0.3 is 15.7 Å². The van der Waals surface area contributed by atoms with Crippen LogP contribution in [0.4, 0.5) is 11.4 Å². The molecule has 0 atom stereocenters. The summed E-state index contributed by atoms with van der Waals surface area (Å²) in [6, 6.07) is 12.6. The van der Waals surface area contributed by atoms with Gasteiger partial charge in [-0.25, -0.2) is 0 Å². The van der Waals surface area contributed by atoms with Gasteiger partial charge in [-0.15, -0.1) is 0 Å². The molecule has 0 radical (unpaired) electrons. The fourth-order valence-corrected chi connectivity index (χ4v) is 3.70. The molecule has 1 spiro atoms. The molecule has 21 heavy (non-hydrogen) atoms. The molecule has 1 heterocycles. The number of carbonyl (C=O) groups is 1. The number of hydrogen-bond donors (Lipinski definition) is 3. The highest BCUT2D eigenvalue weighted by molar-refractivity contribution is 6.05. The summed E-state index contributed by atoms with van der Waals surface area (Å²) >= 11 is 0. The molecule has 108 valence electrons. The van der Waals surface area contributed by atoms with Gasteiger partial charge in [-0.1, -0.05) is 24.3 Å². The molecule has 4 nitrogen and oxygen atoms in total. The molecule has 2 aliphatic rings. The van der Waals surface area contributed by atoms with Crippen LogP contribution in [-0.2, 0) is 4.79 Å². The first-order valence-electron chi connectivity index (χ1n) is 7.48. The number of carboxylic acids is 1. The summed E-state index contributed by atoms with van der Waals surface area (Å²) in [5, 5.41) is 18.9. The molecule has 1 aliphatic heterocycles. The minimum absolute atomic E-state index is 0.200. The van der Waals surface area contributed by atoms with Gasteiger partial charge in [0.1, 0.15) is 5.66 Å². The van der Waals surface area contributed by atoms with Gasteiger partial charge in [0.2, 0.25) is 0 Å². The fourth-order valence-electron chi connectivity index (χ4n) is 3.70. The van der Waals surface area contributed by atoms with E-state index in [9.17, 15) is 4.79 Å². The number of aliphatic carboxylic acids is 1. The van der Waals surface area contributed by atoms with Crippen molar-refractivity contribution in [3.05, 3.63) is 36.4 Å². The Morgan fingerprint density at radius 3 is 2.14 bits per heavy atom. The summed E-state index contributed by atoms with van der Waals surface area (Å²) in [7, 11) is 0. The molecule has 0 saturated heterocycles. The Morgan fingerprint density at radius 2 is 1.62 bits per heavy atom. The second-order valence-electron chi connectivity index (χ2n) is 6.15. The van der Waals surface area contributed by atoms with Crippen LogP contribution in [0.2, 0.25) is 0 Å². The van der Waals surface area contributed by atoms with Crippen molar-refractivity contribution in [2.45, 2.75) is 31.3 Å². The van der Waals surface area contributed by atoms with Crippen molar-refractivity contribution in [3.8, 4) is 0 Å². The smallest absolute Gasteiger partial charge is 0.306 e. The maximum absolute atomic E-state index is 11.1. The van der Waals surface area contributed by atoms with Crippen molar-refractivity contribution in [1.82, 2.24) is 0 Å². The van der Waals surface area contributed by atoms with Gasteiger partial charge in [0, 0.05) is 16.8 Å². The molecule has 2 aromatic rings. The molecule has 3 N–H and O–H groups in total. The van der Waals surface area contributed by atoms with Crippen molar-refractivity contribution >= 4 is 28.1 Å². The fraction of sp³-hybridized carbons (Fsp3) is 0.353. The van der Waals surface area contributed by atoms with Gasteiger partial charge in [-0.05, 0) is 43.2 Å². The molecule has 4 heteroatoms. The zero-order chi connectivity index (χ0) is 14.4. The van der Waals surface area contributed by atoms with Crippen molar-refractivity contribution in [2.24, 2.45) is 5.92 Å². The van der Waals surface area contributed by atoms with Crippen LogP contribution in [0, 0.1) is 5.92 Å². The van der Waals surface area contributed by atoms with E-state index in [1.807, 2.05) is 0 Å². The lowest BCUT2D eigenvalue weighted by Gasteiger charge is -2.45. The van der Waals surface area contributed by atoms with Gasteiger partial charge in [-0.3, -0.25) is 4.79 Å². The zero-order valence-corrected chi connectivity index (χ0v) is 11.7. The second-order valence-corrected chi connectivity index (χ2v) is 6.15. The normalized spacial score (nSPS) is 20.0. The Balaban J connectivity index is 1.69. The van der Waals surface area contributed by atoms with Gasteiger partial charge in [0.25, 0.3) is 0 Å². The topological polar surface area (TPSA) is 61.4 Å². The van der Waals surface area contributed by atoms with E-state index >= 15 is 0 Å². The van der Waals surface area contributed by atoms with Crippen LogP contribution in [0.25, 0.3) is 10.8 Å². The van der Waals surface area contributed by atoms with Gasteiger partial charge in [0.05, 0.1) is 5.92 Å². The maximum Gasteiger partial charge on any atom is 0.306 e. The molecule has 0 bridgehead atoms. The summed E-state index contributed by atoms with van der Waals surface area (Å²) in [6.07, 6.45) is 3.09. The number of nitrogens with one attached hydrogen (secondary N) is 2. The van der Waals surface area contributed by atoms with E-state index in [0.29, 0.717) is 12.8 Å². The number of benzene rings is 2. The lowest BCUT2D eigenvalue weighted by atomic mass is 9.80. The molecule has 1 saturated carbocycles. The molecule has 1 aliphatic carbocycles. The number of anilines is 2. The first-order valence-corrected chi connectivity index (χ1v) is 7.48. The number of hydrogen-bond acceptors (Lipinski definition) is 3. The van der Waals surface area contributed by atoms with E-state index in [4.69, 9.17) is 5.11 Å². The highest BCUT2D eigenvalue weighted by Gasteiger charge is 2.39. The highest BCUT2D eigenvalue weighted by Crippen LogP contribution is 2.43. The van der Waals surface area contributed by atoms with Crippen LogP contribution in [0.1, 0.15) is 25.7 Å². The average Bonchev–Trinajstić information content (AvgIpc) is 2.48. The van der Waals surface area contributed by atoms with Crippen LogP contribution >= 0.6 is 0 Å². The standard InChI is InChI=1S/C17H18N2O2/c20-16(21)12-7-9-17(10-8-12)18-13-5-1-3-11-4-2-6-14(19-17)15(11)13/h1-6,12,18-19H,7-10H2,(H,20,21). The Morgan fingerprint density at radius 1 is 1.05 bits per heavy atom. The van der Waals surface area contributed by atoms with Crippen LogP contribution in [0.5, 0.6) is 0 Å². The lowest BCUT2D eigenvalue weighted by Crippen LogP contribution is -2.51. The van der Waals surface area contributed by atoms with E-state index in [-0.39, 0.29) is 11.6 Å². The number of carboxylic acid groups (broad SMARTS) is 1. The van der Waals surface area contributed by atoms with Crippen LogP contribution in [0.3, 0.4) is 0 Å². The Labute approximate surface area is 123 Å². The second kappa shape index (κ2) is 4.38. The molecular weight excluding hydrogens is 264 g/mol. The van der Waals surface area contributed by atoms with E-state index in [2.05, 4.69) is 47.0 Å². The van der Waals surface area contributed by atoms with E-state index in [0.717, 1.165) is 24.2 Å². The minimum atomic E-state index is -0.664. The van der Waals surface area contributed by atoms with Crippen molar-refractivity contribution < 1.29 is 9.90 Å². The summed E-state index contributed by atoms with van der Waals surface area (Å²) in [5.41, 5.74) is 2.10. The minimum Gasteiger partial charge on any atom is -0.481 e. The van der Waals surface area contributed by atoms with Crippen molar-refractivity contribution in [3.63, 3.8) is 0 Å². The molecule has 0 unspecified atom stereocenters. The predicted molar refractivity (Wildman–Crippen MR) is 83.5 cm³/mol. The SMILES string of the molecule is O=C(O)C1CCC2(CC1)Nc1cccc3cccc(c13)N2. The summed E-state index contributed by atoms with van der Waals surface area (Å²) in [4.78, 5) is 11.1. The van der Waals surface area contributed by atoms with Crippen LogP contribution < -0.4 is 10.6 Å². The predicted octanol–water partition coefficient (Wildman–Crippen LogP) is 3.65. The third-order valence-electron chi connectivity index (χ3n) is 4.84. The third kappa shape index (κ3) is 1.94. The maximum atomic E-state index is 11.1. The largest absolute Gasteiger partial charge is 0.481 e. The van der Waals surface area contributed by atoms with Crippen molar-refractivity contribution in [1.29, 1.82) is 0 Å². The lowest BCUT2D eigenvalue weighted by molar-refractivity contribution is -0.143. The molecule has 4 rings (SSSR count). The van der Waals surface area contributed by atoms with E-state index in [1.165, 1.54) is 10.8 Å². The first-order chi connectivity index (χ1) is 10.2.